The Bertz CT molecular complexity index is 907. The summed E-state index contributed by atoms with van der Waals surface area (Å²) in [5.74, 6) is 1.30. The van der Waals surface area contributed by atoms with Crippen molar-refractivity contribution in [1.29, 1.82) is 0 Å². The van der Waals surface area contributed by atoms with Gasteiger partial charge in [-0.2, -0.15) is 0 Å². The number of pyridine rings is 1. The Kier molecular flexibility index (Phi) is 7.63. The number of halogens is 1. The van der Waals surface area contributed by atoms with Crippen LogP contribution in [-0.4, -0.2) is 23.2 Å². The fraction of sp³-hybridized carbons (Fsp3) is 0.261. The molecule has 0 radical (unpaired) electrons. The molecule has 3 rings (SSSR count). The molecule has 29 heavy (non-hydrogen) atoms. The number of hydrogen-bond donors (Lipinski definition) is 2. The molecule has 0 unspecified atom stereocenters. The quantitative estimate of drug-likeness (QED) is 0.490. The number of ether oxygens (including phenoxy) is 2. The SMILES string of the molecule is COc1cc(CN[C@H](C)[C@H](O)c2ccccc2)cc(Br)c1OCc1cccnc1. The Balaban J connectivity index is 1.65. The van der Waals surface area contributed by atoms with Gasteiger partial charge >= 0.3 is 0 Å². The summed E-state index contributed by atoms with van der Waals surface area (Å²) in [5, 5.41) is 13.9. The summed E-state index contributed by atoms with van der Waals surface area (Å²) in [6.07, 6.45) is 2.93. The molecule has 5 nitrogen and oxygen atoms in total. The lowest BCUT2D eigenvalue weighted by atomic mass is 10.0. The number of benzene rings is 2. The summed E-state index contributed by atoms with van der Waals surface area (Å²) in [5.41, 5.74) is 2.90. The van der Waals surface area contributed by atoms with Gasteiger partial charge in [-0.3, -0.25) is 4.98 Å². The summed E-state index contributed by atoms with van der Waals surface area (Å²) >= 11 is 3.59. The maximum Gasteiger partial charge on any atom is 0.175 e. The lowest BCUT2D eigenvalue weighted by Gasteiger charge is -2.21. The Morgan fingerprint density at radius 2 is 1.90 bits per heavy atom. The van der Waals surface area contributed by atoms with E-state index >= 15 is 0 Å². The van der Waals surface area contributed by atoms with Crippen molar-refractivity contribution in [3.05, 3.63) is 88.2 Å². The third-order valence-corrected chi connectivity index (χ3v) is 5.23. The number of aliphatic hydroxyl groups is 1. The first-order valence-electron chi connectivity index (χ1n) is 9.43. The van der Waals surface area contributed by atoms with E-state index in [-0.39, 0.29) is 6.04 Å². The van der Waals surface area contributed by atoms with Gasteiger partial charge in [0.2, 0.25) is 0 Å². The first-order valence-corrected chi connectivity index (χ1v) is 10.2. The second-order valence-corrected chi connectivity index (χ2v) is 7.64. The smallest absolute Gasteiger partial charge is 0.175 e. The van der Waals surface area contributed by atoms with Crippen LogP contribution >= 0.6 is 15.9 Å². The summed E-state index contributed by atoms with van der Waals surface area (Å²) < 4.78 is 12.3. The third-order valence-electron chi connectivity index (χ3n) is 4.64. The average Bonchev–Trinajstić information content (AvgIpc) is 2.77. The van der Waals surface area contributed by atoms with Gasteiger partial charge in [-0.15, -0.1) is 0 Å². The average molecular weight is 457 g/mol. The van der Waals surface area contributed by atoms with E-state index in [1.54, 1.807) is 19.5 Å². The van der Waals surface area contributed by atoms with Crippen LogP contribution in [0, 0.1) is 0 Å². The van der Waals surface area contributed by atoms with Gasteiger partial charge in [-0.05, 0) is 52.2 Å². The van der Waals surface area contributed by atoms with Crippen molar-refractivity contribution in [2.75, 3.05) is 7.11 Å². The zero-order valence-corrected chi connectivity index (χ0v) is 18.1. The lowest BCUT2D eigenvalue weighted by Crippen LogP contribution is -2.31. The van der Waals surface area contributed by atoms with Gasteiger partial charge in [0, 0.05) is 30.5 Å². The topological polar surface area (TPSA) is 63.6 Å². The standard InChI is InChI=1S/C23H25BrN2O3/c1-16(22(27)19-8-4-3-5-9-19)26-14-18-11-20(24)23(21(12-18)28-2)29-15-17-7-6-10-25-13-17/h3-13,16,22,26-27H,14-15H2,1-2H3/t16-,22+/m1/s1. The molecule has 2 atom stereocenters. The van der Waals surface area contributed by atoms with Crippen molar-refractivity contribution in [2.45, 2.75) is 32.2 Å². The molecule has 0 aliphatic rings. The zero-order chi connectivity index (χ0) is 20.6. The molecule has 3 aromatic rings. The van der Waals surface area contributed by atoms with E-state index in [4.69, 9.17) is 9.47 Å². The van der Waals surface area contributed by atoms with Crippen molar-refractivity contribution in [3.8, 4) is 11.5 Å². The number of methoxy groups -OCH3 is 1. The zero-order valence-electron chi connectivity index (χ0n) is 16.5. The second-order valence-electron chi connectivity index (χ2n) is 6.78. The van der Waals surface area contributed by atoms with E-state index < -0.39 is 6.10 Å². The van der Waals surface area contributed by atoms with Gasteiger partial charge in [-0.1, -0.05) is 36.4 Å². The Morgan fingerprint density at radius 1 is 1.10 bits per heavy atom. The predicted molar refractivity (Wildman–Crippen MR) is 117 cm³/mol. The molecule has 2 aromatic carbocycles. The molecule has 0 aliphatic carbocycles. The van der Waals surface area contributed by atoms with Gasteiger partial charge in [0.1, 0.15) is 6.61 Å². The molecule has 1 heterocycles. The molecule has 0 bridgehead atoms. The predicted octanol–water partition coefficient (Wildman–Crippen LogP) is 4.64. The molecule has 0 saturated carbocycles. The molecular weight excluding hydrogens is 432 g/mol. The van der Waals surface area contributed by atoms with Gasteiger partial charge in [0.15, 0.2) is 11.5 Å². The molecule has 1 aromatic heterocycles. The summed E-state index contributed by atoms with van der Waals surface area (Å²) in [7, 11) is 1.62. The van der Waals surface area contributed by atoms with Crippen LogP contribution in [0.3, 0.4) is 0 Å². The first-order chi connectivity index (χ1) is 14.1. The lowest BCUT2D eigenvalue weighted by molar-refractivity contribution is 0.135. The molecule has 0 fully saturated rings. The molecular formula is C23H25BrN2O3. The molecule has 0 spiro atoms. The van der Waals surface area contributed by atoms with Gasteiger partial charge in [-0.25, -0.2) is 0 Å². The van der Waals surface area contributed by atoms with E-state index in [0.717, 1.165) is 21.2 Å². The molecule has 6 heteroatoms. The number of rotatable bonds is 9. The van der Waals surface area contributed by atoms with Crippen LogP contribution in [0.5, 0.6) is 11.5 Å². The minimum atomic E-state index is -0.580. The van der Waals surface area contributed by atoms with Crippen molar-refractivity contribution in [2.24, 2.45) is 0 Å². The van der Waals surface area contributed by atoms with Crippen LogP contribution in [-0.2, 0) is 13.2 Å². The fourth-order valence-electron chi connectivity index (χ4n) is 2.98. The Hall–Kier alpha value is -2.41. The largest absolute Gasteiger partial charge is 0.493 e. The van der Waals surface area contributed by atoms with Crippen LogP contribution in [0.25, 0.3) is 0 Å². The minimum absolute atomic E-state index is 0.108. The molecule has 152 valence electrons. The van der Waals surface area contributed by atoms with E-state index in [1.807, 2.05) is 61.5 Å². The normalized spacial score (nSPS) is 13.0. The summed E-state index contributed by atoms with van der Waals surface area (Å²) in [6, 6.07) is 17.3. The van der Waals surface area contributed by atoms with Gasteiger partial charge < -0.3 is 19.9 Å². The van der Waals surface area contributed by atoms with Crippen molar-refractivity contribution < 1.29 is 14.6 Å². The molecule has 0 amide bonds. The van der Waals surface area contributed by atoms with Crippen LogP contribution in [0.4, 0.5) is 0 Å². The van der Waals surface area contributed by atoms with Crippen molar-refractivity contribution >= 4 is 15.9 Å². The van der Waals surface area contributed by atoms with E-state index in [1.165, 1.54) is 0 Å². The third kappa shape index (κ3) is 5.79. The van der Waals surface area contributed by atoms with E-state index in [2.05, 4.69) is 26.2 Å². The van der Waals surface area contributed by atoms with Crippen molar-refractivity contribution in [1.82, 2.24) is 10.3 Å². The van der Waals surface area contributed by atoms with E-state index in [0.29, 0.717) is 24.7 Å². The highest BCUT2D eigenvalue weighted by Gasteiger charge is 2.17. The van der Waals surface area contributed by atoms with Crippen LogP contribution < -0.4 is 14.8 Å². The highest BCUT2D eigenvalue weighted by atomic mass is 79.9. The Labute approximate surface area is 179 Å². The molecule has 0 aliphatic heterocycles. The molecule has 0 saturated heterocycles. The van der Waals surface area contributed by atoms with Gasteiger partial charge in [0.25, 0.3) is 0 Å². The number of nitrogens with one attached hydrogen (secondary N) is 1. The summed E-state index contributed by atoms with van der Waals surface area (Å²) in [6.45, 7) is 2.96. The van der Waals surface area contributed by atoms with Crippen LogP contribution in [0.2, 0.25) is 0 Å². The number of aliphatic hydroxyl groups excluding tert-OH is 1. The monoisotopic (exact) mass is 456 g/mol. The fourth-order valence-corrected chi connectivity index (χ4v) is 3.59. The summed E-state index contributed by atoms with van der Waals surface area (Å²) in [4.78, 5) is 4.10. The molecule has 2 N–H and O–H groups in total. The van der Waals surface area contributed by atoms with Crippen LogP contribution in [0.15, 0.2) is 71.5 Å². The number of aromatic nitrogens is 1. The maximum atomic E-state index is 10.5. The van der Waals surface area contributed by atoms with Crippen LogP contribution in [0.1, 0.15) is 29.7 Å². The highest BCUT2D eigenvalue weighted by molar-refractivity contribution is 9.10. The number of hydrogen-bond acceptors (Lipinski definition) is 5. The van der Waals surface area contributed by atoms with Crippen molar-refractivity contribution in [3.63, 3.8) is 0 Å². The van der Waals surface area contributed by atoms with E-state index in [9.17, 15) is 5.11 Å². The minimum Gasteiger partial charge on any atom is -0.493 e. The Morgan fingerprint density at radius 3 is 2.59 bits per heavy atom. The first kappa shape index (κ1) is 21.3. The second kappa shape index (κ2) is 10.4. The highest BCUT2D eigenvalue weighted by Crippen LogP contribution is 2.37. The van der Waals surface area contributed by atoms with Gasteiger partial charge in [0.05, 0.1) is 17.7 Å². The number of nitrogens with zero attached hydrogens (tertiary/aromatic N) is 1. The maximum absolute atomic E-state index is 10.5.